The average molecular weight is 534 g/mol. The van der Waals surface area contributed by atoms with Gasteiger partial charge in [-0.3, -0.25) is 9.59 Å². The van der Waals surface area contributed by atoms with Gasteiger partial charge in [-0.05, 0) is 54.1 Å². The standard InChI is InChI=1S/C28H31N5O4S/c1-37-25-14-13-19(16-24(25)34)27(28(36)29-20-8-3-2-4-9-20)32(17-21-10-7-15-38-21)26(35)18-33-23-12-6-5-11-22(23)30-31-33/h5-7,10-16,20,27,34H,2-4,8-9,17-18H2,1H3,(H,29,36)/t27-/m0/s1. The molecule has 198 valence electrons. The fourth-order valence-electron chi connectivity index (χ4n) is 5.02. The van der Waals surface area contributed by atoms with E-state index in [1.54, 1.807) is 21.7 Å². The van der Waals surface area contributed by atoms with Gasteiger partial charge in [0.15, 0.2) is 11.5 Å². The van der Waals surface area contributed by atoms with Gasteiger partial charge in [0.05, 0.1) is 19.2 Å². The number of carbonyl (C=O) groups excluding carboxylic acids is 2. The lowest BCUT2D eigenvalue weighted by Crippen LogP contribution is -2.47. The third kappa shape index (κ3) is 5.65. The lowest BCUT2D eigenvalue weighted by molar-refractivity contribution is -0.142. The number of aromatic nitrogens is 3. The molecule has 1 fully saturated rings. The van der Waals surface area contributed by atoms with Crippen molar-refractivity contribution in [2.24, 2.45) is 0 Å². The Bertz CT molecular complexity index is 1400. The van der Waals surface area contributed by atoms with Crippen LogP contribution in [0.2, 0.25) is 0 Å². The van der Waals surface area contributed by atoms with Crippen LogP contribution < -0.4 is 10.1 Å². The number of hydrogen-bond donors (Lipinski definition) is 2. The first-order valence-corrected chi connectivity index (χ1v) is 13.7. The highest BCUT2D eigenvalue weighted by Crippen LogP contribution is 2.33. The lowest BCUT2D eigenvalue weighted by Gasteiger charge is -2.33. The highest BCUT2D eigenvalue weighted by Gasteiger charge is 2.34. The molecule has 0 aliphatic heterocycles. The van der Waals surface area contributed by atoms with Crippen LogP contribution in [0.3, 0.4) is 0 Å². The van der Waals surface area contributed by atoms with E-state index >= 15 is 0 Å². The predicted molar refractivity (Wildman–Crippen MR) is 145 cm³/mol. The summed E-state index contributed by atoms with van der Waals surface area (Å²) in [6, 6.07) is 15.2. The molecule has 1 saturated carbocycles. The number of fused-ring (bicyclic) bond motifs is 1. The molecule has 0 radical (unpaired) electrons. The second-order valence-corrected chi connectivity index (χ2v) is 10.5. The van der Waals surface area contributed by atoms with Gasteiger partial charge in [0.2, 0.25) is 11.8 Å². The molecule has 0 spiro atoms. The Morgan fingerprint density at radius 3 is 2.71 bits per heavy atom. The molecule has 1 atom stereocenters. The summed E-state index contributed by atoms with van der Waals surface area (Å²) < 4.78 is 6.77. The summed E-state index contributed by atoms with van der Waals surface area (Å²) in [5.74, 6) is -0.348. The fourth-order valence-corrected chi connectivity index (χ4v) is 5.73. The van der Waals surface area contributed by atoms with Gasteiger partial charge >= 0.3 is 0 Å². The fraction of sp³-hybridized carbons (Fsp3) is 0.357. The maximum Gasteiger partial charge on any atom is 0.247 e. The highest BCUT2D eigenvalue weighted by molar-refractivity contribution is 7.09. The minimum Gasteiger partial charge on any atom is -0.504 e. The van der Waals surface area contributed by atoms with Crippen LogP contribution in [0, 0.1) is 0 Å². The van der Waals surface area contributed by atoms with E-state index in [-0.39, 0.29) is 36.7 Å². The van der Waals surface area contributed by atoms with Crippen molar-refractivity contribution < 1.29 is 19.4 Å². The number of hydrogen-bond acceptors (Lipinski definition) is 7. The summed E-state index contributed by atoms with van der Waals surface area (Å²) in [4.78, 5) is 30.4. The van der Waals surface area contributed by atoms with Gasteiger partial charge in [-0.25, -0.2) is 4.68 Å². The van der Waals surface area contributed by atoms with E-state index in [0.29, 0.717) is 16.8 Å². The molecule has 4 aromatic rings. The minimum absolute atomic E-state index is 0.0588. The maximum atomic E-state index is 14.0. The van der Waals surface area contributed by atoms with Crippen LogP contribution in [0.25, 0.3) is 11.0 Å². The van der Waals surface area contributed by atoms with Crippen molar-refractivity contribution in [1.82, 2.24) is 25.2 Å². The Morgan fingerprint density at radius 2 is 1.97 bits per heavy atom. The van der Waals surface area contributed by atoms with Gasteiger partial charge in [-0.15, -0.1) is 16.4 Å². The normalized spacial score (nSPS) is 14.8. The second-order valence-electron chi connectivity index (χ2n) is 9.51. The molecule has 9 nitrogen and oxygen atoms in total. The van der Waals surface area contributed by atoms with Gasteiger partial charge in [0.25, 0.3) is 0 Å². The number of rotatable bonds is 9. The quantitative estimate of drug-likeness (QED) is 0.330. The molecular formula is C28H31N5O4S. The molecule has 0 bridgehead atoms. The number of amides is 2. The van der Waals surface area contributed by atoms with Gasteiger partial charge in [-0.1, -0.05) is 48.7 Å². The number of nitrogens with one attached hydrogen (secondary N) is 1. The molecule has 2 amide bonds. The van der Waals surface area contributed by atoms with Crippen molar-refractivity contribution >= 4 is 34.2 Å². The van der Waals surface area contributed by atoms with Crippen molar-refractivity contribution in [2.45, 2.75) is 57.3 Å². The molecule has 1 aliphatic rings. The summed E-state index contributed by atoms with van der Waals surface area (Å²) in [5.41, 5.74) is 1.93. The second kappa shape index (κ2) is 11.6. The van der Waals surface area contributed by atoms with E-state index in [0.717, 1.165) is 42.5 Å². The minimum atomic E-state index is -0.960. The summed E-state index contributed by atoms with van der Waals surface area (Å²) >= 11 is 1.52. The topological polar surface area (TPSA) is 110 Å². The van der Waals surface area contributed by atoms with Crippen LogP contribution in [0.1, 0.15) is 48.6 Å². The number of benzene rings is 2. The van der Waals surface area contributed by atoms with E-state index in [1.165, 1.54) is 24.5 Å². The van der Waals surface area contributed by atoms with Crippen molar-refractivity contribution in [3.63, 3.8) is 0 Å². The molecule has 10 heteroatoms. The van der Waals surface area contributed by atoms with Crippen molar-refractivity contribution in [3.05, 3.63) is 70.4 Å². The SMILES string of the molecule is COc1ccc([C@@H](C(=O)NC2CCCCC2)N(Cc2cccs2)C(=O)Cn2nnc3ccccc32)cc1O. The van der Waals surface area contributed by atoms with E-state index in [9.17, 15) is 14.7 Å². The summed E-state index contributed by atoms with van der Waals surface area (Å²) in [7, 11) is 1.47. The Morgan fingerprint density at radius 1 is 1.16 bits per heavy atom. The molecular weight excluding hydrogens is 502 g/mol. The monoisotopic (exact) mass is 533 g/mol. The molecule has 2 aromatic carbocycles. The molecule has 2 aromatic heterocycles. The number of phenols is 1. The smallest absolute Gasteiger partial charge is 0.247 e. The molecule has 2 N–H and O–H groups in total. The Balaban J connectivity index is 1.52. The first-order valence-electron chi connectivity index (χ1n) is 12.8. The molecule has 0 unspecified atom stereocenters. The molecule has 2 heterocycles. The molecule has 1 aliphatic carbocycles. The first-order chi connectivity index (χ1) is 18.5. The number of ether oxygens (including phenoxy) is 1. The summed E-state index contributed by atoms with van der Waals surface area (Å²) in [6.07, 6.45) is 5.12. The predicted octanol–water partition coefficient (Wildman–Crippen LogP) is 4.43. The number of thiophene rings is 1. The van der Waals surface area contributed by atoms with E-state index < -0.39 is 6.04 Å². The summed E-state index contributed by atoms with van der Waals surface area (Å²) in [5, 5.41) is 24.1. The van der Waals surface area contributed by atoms with E-state index in [2.05, 4.69) is 15.6 Å². The van der Waals surface area contributed by atoms with Crippen LogP contribution in [0.5, 0.6) is 11.5 Å². The number of para-hydroxylation sites is 1. The lowest BCUT2D eigenvalue weighted by atomic mass is 9.94. The molecule has 0 saturated heterocycles. The number of phenolic OH excluding ortho intramolecular Hbond substituents is 1. The third-order valence-corrected chi connectivity index (χ3v) is 7.82. The van der Waals surface area contributed by atoms with Crippen LogP contribution in [-0.2, 0) is 22.7 Å². The molecule has 38 heavy (non-hydrogen) atoms. The number of aromatic hydroxyl groups is 1. The van der Waals surface area contributed by atoms with E-state index in [4.69, 9.17) is 4.74 Å². The number of nitrogens with zero attached hydrogens (tertiary/aromatic N) is 4. The van der Waals surface area contributed by atoms with Crippen molar-refractivity contribution in [2.75, 3.05) is 7.11 Å². The Labute approximate surface area is 225 Å². The van der Waals surface area contributed by atoms with Crippen LogP contribution in [0.15, 0.2) is 60.0 Å². The summed E-state index contributed by atoms with van der Waals surface area (Å²) in [6.45, 7) is 0.153. The van der Waals surface area contributed by atoms with Gasteiger partial charge < -0.3 is 20.1 Å². The van der Waals surface area contributed by atoms with Crippen LogP contribution in [0.4, 0.5) is 0 Å². The zero-order chi connectivity index (χ0) is 26.5. The van der Waals surface area contributed by atoms with Gasteiger partial charge in [0, 0.05) is 10.9 Å². The zero-order valence-corrected chi connectivity index (χ0v) is 22.1. The molecule has 5 rings (SSSR count). The first kappa shape index (κ1) is 25.7. The average Bonchev–Trinajstić information content (AvgIpc) is 3.59. The Kier molecular flexibility index (Phi) is 7.88. The maximum absolute atomic E-state index is 14.0. The van der Waals surface area contributed by atoms with Crippen molar-refractivity contribution in [3.8, 4) is 11.5 Å². The van der Waals surface area contributed by atoms with Gasteiger partial charge in [0.1, 0.15) is 18.1 Å². The van der Waals surface area contributed by atoms with E-state index in [1.807, 2.05) is 41.8 Å². The number of carbonyl (C=O) groups is 2. The Hall–Kier alpha value is -3.92. The third-order valence-electron chi connectivity index (χ3n) is 6.96. The van der Waals surface area contributed by atoms with Crippen LogP contribution in [-0.4, -0.2) is 50.0 Å². The largest absolute Gasteiger partial charge is 0.504 e. The highest BCUT2D eigenvalue weighted by atomic mass is 32.1. The van der Waals surface area contributed by atoms with Gasteiger partial charge in [-0.2, -0.15) is 0 Å². The van der Waals surface area contributed by atoms with Crippen LogP contribution >= 0.6 is 11.3 Å². The number of methoxy groups -OCH3 is 1. The van der Waals surface area contributed by atoms with Crippen molar-refractivity contribution in [1.29, 1.82) is 0 Å². The zero-order valence-electron chi connectivity index (χ0n) is 21.2.